The van der Waals surface area contributed by atoms with Gasteiger partial charge in [-0.05, 0) is 48.0 Å². The summed E-state index contributed by atoms with van der Waals surface area (Å²) in [5, 5.41) is -0.982. The molecule has 3 aromatic rings. The third-order valence-electron chi connectivity index (χ3n) is 4.11. The number of benzene rings is 3. The van der Waals surface area contributed by atoms with Gasteiger partial charge in [0.05, 0.1) is 0 Å². The van der Waals surface area contributed by atoms with Crippen LogP contribution in [0.4, 0.5) is 8.78 Å². The number of amides is 1. The van der Waals surface area contributed by atoms with Gasteiger partial charge in [-0.2, -0.15) is 8.78 Å². The highest BCUT2D eigenvalue weighted by molar-refractivity contribution is 8.01. The van der Waals surface area contributed by atoms with Crippen LogP contribution < -0.4 is 5.32 Å². The van der Waals surface area contributed by atoms with Crippen molar-refractivity contribution >= 4 is 29.4 Å². The molecule has 0 saturated heterocycles. The van der Waals surface area contributed by atoms with Crippen LogP contribution in [-0.4, -0.2) is 23.0 Å². The van der Waals surface area contributed by atoms with E-state index in [1.807, 2.05) is 60.7 Å². The predicted octanol–water partition coefficient (Wildman–Crippen LogP) is 5.89. The molecule has 0 aromatic heterocycles. The minimum absolute atomic E-state index is 0.265. The minimum atomic E-state index is -3.55. The summed E-state index contributed by atoms with van der Waals surface area (Å²) >= 11 is 1.80. The van der Waals surface area contributed by atoms with Crippen molar-refractivity contribution in [2.24, 2.45) is 0 Å². The van der Waals surface area contributed by atoms with Crippen LogP contribution in [0.15, 0.2) is 101 Å². The molecule has 3 aromatic carbocycles. The maximum atomic E-state index is 14.5. The molecule has 1 amide bonds. The second-order valence-electron chi connectivity index (χ2n) is 6.42. The van der Waals surface area contributed by atoms with E-state index >= 15 is 0 Å². The van der Waals surface area contributed by atoms with E-state index in [0.29, 0.717) is 17.1 Å². The first-order chi connectivity index (χ1) is 14.0. The molecule has 0 spiro atoms. The molecule has 2 nitrogen and oxygen atoms in total. The van der Waals surface area contributed by atoms with E-state index in [1.54, 1.807) is 30.3 Å². The summed E-state index contributed by atoms with van der Waals surface area (Å²) in [6, 6.07) is 27.1. The van der Waals surface area contributed by atoms with Gasteiger partial charge in [0.25, 0.3) is 0 Å². The number of hydrogen-bond donors (Lipinski definition) is 1. The summed E-state index contributed by atoms with van der Waals surface area (Å²) in [7, 11) is 0. The fourth-order valence-electron chi connectivity index (χ4n) is 2.72. The summed E-state index contributed by atoms with van der Waals surface area (Å²) in [6.07, 6.45) is 0.485. The number of nitrogens with one attached hydrogen (secondary N) is 1. The lowest BCUT2D eigenvalue weighted by atomic mass is 10.1. The lowest BCUT2D eigenvalue weighted by molar-refractivity contribution is -0.135. The first kappa shape index (κ1) is 21.4. The molecule has 0 fully saturated rings. The van der Waals surface area contributed by atoms with Crippen LogP contribution in [0.25, 0.3) is 0 Å². The van der Waals surface area contributed by atoms with Crippen molar-refractivity contribution in [3.05, 3.63) is 96.6 Å². The zero-order valence-corrected chi connectivity index (χ0v) is 17.3. The molecule has 0 aliphatic carbocycles. The molecule has 150 valence electrons. The third kappa shape index (κ3) is 6.91. The zero-order valence-electron chi connectivity index (χ0n) is 15.6. The summed E-state index contributed by atoms with van der Waals surface area (Å²) < 4.78 is 29.0. The largest absolute Gasteiger partial charge is 0.374 e. The van der Waals surface area contributed by atoms with Gasteiger partial charge in [-0.1, -0.05) is 66.7 Å². The smallest absolute Gasteiger partial charge is 0.346 e. The standard InChI is InChI=1S/C23H21F2NOS2/c24-23(25,29-21-14-8-3-9-15-21)22(27)26-19(16-18-10-4-1-5-11-18)17-28-20-12-6-2-7-13-20/h1-15,19H,16-17H2,(H,26,27)/t19-/m0/s1. The highest BCUT2D eigenvalue weighted by atomic mass is 32.2. The summed E-state index contributed by atoms with van der Waals surface area (Å²) in [5.41, 5.74) is 0.991. The first-order valence-electron chi connectivity index (χ1n) is 9.17. The summed E-state index contributed by atoms with van der Waals surface area (Å²) in [6.45, 7) is 0. The molecule has 3 rings (SSSR count). The zero-order chi connectivity index (χ0) is 20.5. The molecule has 0 saturated carbocycles. The van der Waals surface area contributed by atoms with Crippen LogP contribution in [0.2, 0.25) is 0 Å². The van der Waals surface area contributed by atoms with Crippen LogP contribution in [-0.2, 0) is 11.2 Å². The maximum absolute atomic E-state index is 14.5. The Morgan fingerprint density at radius 3 is 1.93 bits per heavy atom. The molecule has 0 bridgehead atoms. The number of hydrogen-bond acceptors (Lipinski definition) is 3. The fraction of sp³-hybridized carbons (Fsp3) is 0.174. The molecule has 0 unspecified atom stereocenters. The van der Waals surface area contributed by atoms with Crippen molar-refractivity contribution in [1.82, 2.24) is 5.32 Å². The molecule has 6 heteroatoms. The molecular weight excluding hydrogens is 408 g/mol. The molecule has 1 atom stereocenters. The van der Waals surface area contributed by atoms with Crippen molar-refractivity contribution in [3.63, 3.8) is 0 Å². The van der Waals surface area contributed by atoms with Gasteiger partial charge in [0.1, 0.15) is 0 Å². The molecule has 0 aliphatic heterocycles. The number of carbonyl (C=O) groups is 1. The van der Waals surface area contributed by atoms with Crippen molar-refractivity contribution in [2.75, 3.05) is 5.75 Å². The van der Waals surface area contributed by atoms with Gasteiger partial charge in [-0.3, -0.25) is 4.79 Å². The number of carbonyl (C=O) groups excluding carboxylic acids is 1. The van der Waals surface area contributed by atoms with Gasteiger partial charge in [0.2, 0.25) is 0 Å². The van der Waals surface area contributed by atoms with Crippen molar-refractivity contribution in [3.8, 4) is 0 Å². The number of halogens is 2. The Labute approximate surface area is 178 Å². The first-order valence-corrected chi connectivity index (χ1v) is 11.0. The van der Waals surface area contributed by atoms with E-state index in [2.05, 4.69) is 5.32 Å². The quantitative estimate of drug-likeness (QED) is 0.430. The van der Waals surface area contributed by atoms with Crippen molar-refractivity contribution in [2.45, 2.75) is 27.5 Å². The SMILES string of the molecule is O=C(N[C@H](CSc1ccccc1)Cc1ccccc1)C(F)(F)Sc1ccccc1. The number of thioether (sulfide) groups is 2. The monoisotopic (exact) mass is 429 g/mol. The molecule has 29 heavy (non-hydrogen) atoms. The highest BCUT2D eigenvalue weighted by Gasteiger charge is 2.41. The van der Waals surface area contributed by atoms with E-state index in [4.69, 9.17) is 0 Å². The molecule has 0 heterocycles. The van der Waals surface area contributed by atoms with Gasteiger partial charge >= 0.3 is 11.2 Å². The van der Waals surface area contributed by atoms with Gasteiger partial charge in [-0.25, -0.2) is 0 Å². The maximum Gasteiger partial charge on any atom is 0.374 e. The van der Waals surface area contributed by atoms with Crippen LogP contribution in [0.3, 0.4) is 0 Å². The van der Waals surface area contributed by atoms with E-state index in [1.165, 1.54) is 11.8 Å². The van der Waals surface area contributed by atoms with Crippen LogP contribution in [0, 0.1) is 0 Å². The van der Waals surface area contributed by atoms with Crippen LogP contribution >= 0.6 is 23.5 Å². The van der Waals surface area contributed by atoms with Crippen LogP contribution in [0.5, 0.6) is 0 Å². The predicted molar refractivity (Wildman–Crippen MR) is 116 cm³/mol. The van der Waals surface area contributed by atoms with Crippen molar-refractivity contribution in [1.29, 1.82) is 0 Å². The Morgan fingerprint density at radius 2 is 1.34 bits per heavy atom. The Bertz CT molecular complexity index is 893. The third-order valence-corrected chi connectivity index (χ3v) is 6.23. The average Bonchev–Trinajstić information content (AvgIpc) is 2.74. The molecule has 0 aliphatic rings. The van der Waals surface area contributed by atoms with Gasteiger partial charge in [0.15, 0.2) is 0 Å². The topological polar surface area (TPSA) is 29.1 Å². The Balaban J connectivity index is 1.68. The normalized spacial score (nSPS) is 12.3. The van der Waals surface area contributed by atoms with Crippen molar-refractivity contribution < 1.29 is 13.6 Å². The van der Waals surface area contributed by atoms with Crippen LogP contribution in [0.1, 0.15) is 5.56 Å². The highest BCUT2D eigenvalue weighted by Crippen LogP contribution is 2.36. The number of alkyl halides is 2. The van der Waals surface area contributed by atoms with E-state index in [-0.39, 0.29) is 11.8 Å². The van der Waals surface area contributed by atoms with E-state index < -0.39 is 17.2 Å². The van der Waals surface area contributed by atoms with Gasteiger partial charge in [-0.15, -0.1) is 11.8 Å². The molecular formula is C23H21F2NOS2. The Hall–Kier alpha value is -2.31. The Kier molecular flexibility index (Phi) is 7.72. The van der Waals surface area contributed by atoms with E-state index in [9.17, 15) is 13.6 Å². The van der Waals surface area contributed by atoms with E-state index in [0.717, 1.165) is 10.5 Å². The second-order valence-corrected chi connectivity index (χ2v) is 8.70. The molecule has 1 N–H and O–H groups in total. The Morgan fingerprint density at radius 1 is 0.828 bits per heavy atom. The lowest BCUT2D eigenvalue weighted by Crippen LogP contribution is -2.45. The fourth-order valence-corrected chi connectivity index (χ4v) is 4.40. The number of rotatable bonds is 9. The lowest BCUT2D eigenvalue weighted by Gasteiger charge is -2.22. The van der Waals surface area contributed by atoms with Gasteiger partial charge < -0.3 is 5.32 Å². The minimum Gasteiger partial charge on any atom is -0.346 e. The van der Waals surface area contributed by atoms with Gasteiger partial charge in [0, 0.05) is 21.6 Å². The average molecular weight is 430 g/mol. The summed E-state index contributed by atoms with van der Waals surface area (Å²) in [4.78, 5) is 13.8. The molecule has 0 radical (unpaired) electrons. The second kappa shape index (κ2) is 10.5. The summed E-state index contributed by atoms with van der Waals surface area (Å²) in [5.74, 6) is -0.766.